The Hall–Kier alpha value is -1.72. The molecule has 1 aromatic carbocycles. The van der Waals surface area contributed by atoms with E-state index in [1.807, 2.05) is 24.7 Å². The van der Waals surface area contributed by atoms with E-state index in [1.54, 1.807) is 0 Å². The second kappa shape index (κ2) is 7.33. The van der Waals surface area contributed by atoms with Crippen molar-refractivity contribution in [1.82, 2.24) is 15.0 Å². The predicted molar refractivity (Wildman–Crippen MR) is 81.0 cm³/mol. The summed E-state index contributed by atoms with van der Waals surface area (Å²) in [4.78, 5) is 0. The molecule has 0 unspecified atom stereocenters. The minimum absolute atomic E-state index is 0.438. The third-order valence-corrected chi connectivity index (χ3v) is 3.40. The molecule has 0 radical (unpaired) electrons. The van der Waals surface area contributed by atoms with Crippen LogP contribution in [0.3, 0.4) is 0 Å². The molecule has 0 amide bonds. The van der Waals surface area contributed by atoms with Crippen molar-refractivity contribution in [3.8, 4) is 0 Å². The number of hydrogen-bond acceptors (Lipinski definition) is 4. The van der Waals surface area contributed by atoms with E-state index in [1.165, 1.54) is 16.7 Å². The van der Waals surface area contributed by atoms with Crippen LogP contribution in [0.2, 0.25) is 0 Å². The van der Waals surface area contributed by atoms with Crippen LogP contribution in [0.25, 0.3) is 0 Å². The van der Waals surface area contributed by atoms with E-state index in [9.17, 15) is 0 Å². The van der Waals surface area contributed by atoms with Crippen LogP contribution in [-0.2, 0) is 16.0 Å². The molecule has 0 aliphatic carbocycles. The number of aryl methyl sites for hydroxylation is 2. The molecule has 0 aliphatic heterocycles. The Morgan fingerprint density at radius 2 is 1.71 bits per heavy atom. The van der Waals surface area contributed by atoms with Gasteiger partial charge < -0.3 is 9.47 Å². The third-order valence-electron chi connectivity index (χ3n) is 3.40. The van der Waals surface area contributed by atoms with Crippen LogP contribution >= 0.6 is 0 Å². The van der Waals surface area contributed by atoms with Gasteiger partial charge in [0.1, 0.15) is 5.69 Å². The van der Waals surface area contributed by atoms with E-state index >= 15 is 0 Å². The number of aromatic nitrogens is 3. The maximum atomic E-state index is 5.54. The van der Waals surface area contributed by atoms with Crippen molar-refractivity contribution >= 4 is 0 Å². The number of nitrogens with zero attached hydrogens (tertiary/aromatic N) is 3. The van der Waals surface area contributed by atoms with Gasteiger partial charge in [0.05, 0.1) is 12.7 Å². The van der Waals surface area contributed by atoms with Gasteiger partial charge in [-0.25, -0.2) is 4.68 Å². The molecule has 0 aliphatic rings. The first-order chi connectivity index (χ1) is 10.2. The van der Waals surface area contributed by atoms with E-state index < -0.39 is 6.29 Å². The fourth-order valence-corrected chi connectivity index (χ4v) is 2.28. The molecule has 5 heteroatoms. The quantitative estimate of drug-likeness (QED) is 0.735. The fourth-order valence-electron chi connectivity index (χ4n) is 2.28. The zero-order valence-electron chi connectivity index (χ0n) is 13.2. The van der Waals surface area contributed by atoms with Gasteiger partial charge in [-0.1, -0.05) is 23.4 Å². The smallest absolute Gasteiger partial charge is 0.204 e. The standard InChI is InChI=1S/C16H23N3O2/c1-5-20-16(21-6-2)15-11-19(18-17-15)10-14-12(3)8-7-9-13(14)4/h7-9,11,16H,5-6,10H2,1-4H3. The summed E-state index contributed by atoms with van der Waals surface area (Å²) in [6.45, 7) is 9.96. The summed E-state index contributed by atoms with van der Waals surface area (Å²) in [6, 6.07) is 6.30. The van der Waals surface area contributed by atoms with Gasteiger partial charge in [0.25, 0.3) is 0 Å². The highest BCUT2D eigenvalue weighted by Crippen LogP contribution is 2.18. The highest BCUT2D eigenvalue weighted by Gasteiger charge is 2.16. The van der Waals surface area contributed by atoms with E-state index in [0.29, 0.717) is 25.5 Å². The molecule has 5 nitrogen and oxygen atoms in total. The van der Waals surface area contributed by atoms with Crippen LogP contribution in [0.1, 0.15) is 42.5 Å². The van der Waals surface area contributed by atoms with Gasteiger partial charge in [0.2, 0.25) is 6.29 Å². The van der Waals surface area contributed by atoms with Gasteiger partial charge in [-0.15, -0.1) is 5.10 Å². The number of ether oxygens (including phenoxy) is 2. The van der Waals surface area contributed by atoms with Crippen molar-refractivity contribution in [2.24, 2.45) is 0 Å². The Morgan fingerprint density at radius 3 is 2.29 bits per heavy atom. The third kappa shape index (κ3) is 3.89. The lowest BCUT2D eigenvalue weighted by atomic mass is 10.0. The van der Waals surface area contributed by atoms with Gasteiger partial charge >= 0.3 is 0 Å². The van der Waals surface area contributed by atoms with Gasteiger partial charge in [0, 0.05) is 13.2 Å². The Labute approximate surface area is 125 Å². The SMILES string of the molecule is CCOC(OCC)c1cn(Cc2c(C)cccc2C)nn1. The number of benzene rings is 1. The molecular weight excluding hydrogens is 266 g/mol. The molecule has 0 saturated heterocycles. The molecule has 114 valence electrons. The summed E-state index contributed by atoms with van der Waals surface area (Å²) in [6.07, 6.45) is 1.45. The summed E-state index contributed by atoms with van der Waals surface area (Å²) < 4.78 is 12.9. The molecule has 0 atom stereocenters. The second-order valence-electron chi connectivity index (χ2n) is 4.95. The predicted octanol–water partition coefficient (Wildman–Crippen LogP) is 3.01. The molecule has 0 spiro atoms. The Bertz CT molecular complexity index is 554. The summed E-state index contributed by atoms with van der Waals surface area (Å²) in [5.41, 5.74) is 4.51. The van der Waals surface area contributed by atoms with Crippen molar-refractivity contribution < 1.29 is 9.47 Å². The Balaban J connectivity index is 2.16. The van der Waals surface area contributed by atoms with Crippen LogP contribution in [0.5, 0.6) is 0 Å². The van der Waals surface area contributed by atoms with Crippen LogP contribution in [0.4, 0.5) is 0 Å². The first kappa shape index (κ1) is 15.7. The second-order valence-corrected chi connectivity index (χ2v) is 4.95. The highest BCUT2D eigenvalue weighted by molar-refractivity contribution is 5.33. The van der Waals surface area contributed by atoms with E-state index in [0.717, 1.165) is 0 Å². The van der Waals surface area contributed by atoms with Crippen LogP contribution in [0, 0.1) is 13.8 Å². The first-order valence-corrected chi connectivity index (χ1v) is 7.34. The molecule has 0 saturated carbocycles. The fraction of sp³-hybridized carbons (Fsp3) is 0.500. The summed E-state index contributed by atoms with van der Waals surface area (Å²) in [7, 11) is 0. The minimum Gasteiger partial charge on any atom is -0.347 e. The van der Waals surface area contributed by atoms with Gasteiger partial charge in [0.15, 0.2) is 0 Å². The Kier molecular flexibility index (Phi) is 5.47. The average molecular weight is 289 g/mol. The lowest BCUT2D eigenvalue weighted by Gasteiger charge is -2.13. The van der Waals surface area contributed by atoms with Gasteiger partial charge in [-0.2, -0.15) is 0 Å². The molecular formula is C16H23N3O2. The maximum absolute atomic E-state index is 5.54. The molecule has 0 bridgehead atoms. The van der Waals surface area contributed by atoms with E-state index in [4.69, 9.17) is 9.47 Å². The van der Waals surface area contributed by atoms with Crippen LogP contribution in [-0.4, -0.2) is 28.2 Å². The molecule has 1 aromatic heterocycles. The molecule has 21 heavy (non-hydrogen) atoms. The van der Waals surface area contributed by atoms with Crippen molar-refractivity contribution in [2.75, 3.05) is 13.2 Å². The molecule has 0 N–H and O–H groups in total. The van der Waals surface area contributed by atoms with Crippen molar-refractivity contribution in [3.05, 3.63) is 46.8 Å². The van der Waals surface area contributed by atoms with Gasteiger partial charge in [-0.05, 0) is 44.4 Å². The summed E-state index contributed by atoms with van der Waals surface area (Å²) in [5, 5.41) is 8.36. The van der Waals surface area contributed by atoms with Crippen molar-refractivity contribution in [3.63, 3.8) is 0 Å². The summed E-state index contributed by atoms with van der Waals surface area (Å²) in [5.74, 6) is 0. The number of hydrogen-bond donors (Lipinski definition) is 0. The molecule has 2 aromatic rings. The maximum Gasteiger partial charge on any atom is 0.204 e. The van der Waals surface area contributed by atoms with Gasteiger partial charge in [-0.3, -0.25) is 0 Å². The molecule has 1 heterocycles. The van der Waals surface area contributed by atoms with E-state index in [2.05, 4.69) is 42.4 Å². The van der Waals surface area contributed by atoms with Crippen LogP contribution in [0.15, 0.2) is 24.4 Å². The zero-order chi connectivity index (χ0) is 15.2. The normalized spacial score (nSPS) is 11.3. The van der Waals surface area contributed by atoms with Crippen molar-refractivity contribution in [1.29, 1.82) is 0 Å². The first-order valence-electron chi connectivity index (χ1n) is 7.34. The van der Waals surface area contributed by atoms with Crippen LogP contribution < -0.4 is 0 Å². The summed E-state index contributed by atoms with van der Waals surface area (Å²) >= 11 is 0. The molecule has 2 rings (SSSR count). The zero-order valence-corrected chi connectivity index (χ0v) is 13.2. The van der Waals surface area contributed by atoms with E-state index in [-0.39, 0.29) is 0 Å². The largest absolute Gasteiger partial charge is 0.347 e. The lowest BCUT2D eigenvalue weighted by molar-refractivity contribution is -0.142. The monoisotopic (exact) mass is 289 g/mol. The topological polar surface area (TPSA) is 49.2 Å². The number of rotatable bonds is 7. The molecule has 0 fully saturated rings. The van der Waals surface area contributed by atoms with Crippen molar-refractivity contribution in [2.45, 2.75) is 40.5 Å². The average Bonchev–Trinajstić information content (AvgIpc) is 2.91. The Morgan fingerprint density at radius 1 is 1.10 bits per heavy atom. The highest BCUT2D eigenvalue weighted by atomic mass is 16.7. The minimum atomic E-state index is -0.438. The lowest BCUT2D eigenvalue weighted by Crippen LogP contribution is -2.09.